The van der Waals surface area contributed by atoms with Gasteiger partial charge in [0.1, 0.15) is 0 Å². The number of hydrogen-bond acceptors (Lipinski definition) is 3. The van der Waals surface area contributed by atoms with Gasteiger partial charge < -0.3 is 5.43 Å². The minimum absolute atomic E-state index is 0.405. The zero-order chi connectivity index (χ0) is 10.9. The van der Waals surface area contributed by atoms with Crippen LogP contribution < -0.4 is 5.43 Å². The van der Waals surface area contributed by atoms with E-state index in [0.29, 0.717) is 10.8 Å². The Kier molecular flexibility index (Phi) is 3.29. The Balaban J connectivity index is 2.12. The van der Waals surface area contributed by atoms with Crippen molar-refractivity contribution in [2.24, 2.45) is 11.0 Å². The molecule has 2 nitrogen and oxygen atoms in total. The third-order valence-electron chi connectivity index (χ3n) is 3.75. The van der Waals surface area contributed by atoms with Gasteiger partial charge in [-0.25, -0.2) is 0 Å². The first-order chi connectivity index (χ1) is 7.10. The van der Waals surface area contributed by atoms with Crippen LogP contribution in [0.4, 0.5) is 0 Å². The largest absolute Gasteiger partial charge is 0.306 e. The van der Waals surface area contributed by atoms with Crippen LogP contribution in [0.5, 0.6) is 0 Å². The summed E-state index contributed by atoms with van der Waals surface area (Å²) in [5, 5.41) is 4.49. The van der Waals surface area contributed by atoms with Gasteiger partial charge in [-0.15, -0.1) is 0 Å². The molecular weight excluding hydrogens is 204 g/mol. The highest BCUT2D eigenvalue weighted by atomic mass is 32.2. The fourth-order valence-electron chi connectivity index (χ4n) is 2.73. The molecule has 1 saturated carbocycles. The summed E-state index contributed by atoms with van der Waals surface area (Å²) in [6, 6.07) is 0.578. The Morgan fingerprint density at radius 3 is 3.07 bits per heavy atom. The van der Waals surface area contributed by atoms with Crippen LogP contribution in [0.2, 0.25) is 0 Å². The van der Waals surface area contributed by atoms with Crippen molar-refractivity contribution in [3.63, 3.8) is 0 Å². The van der Waals surface area contributed by atoms with E-state index >= 15 is 0 Å². The van der Waals surface area contributed by atoms with Gasteiger partial charge >= 0.3 is 0 Å². The van der Waals surface area contributed by atoms with Crippen molar-refractivity contribution in [2.45, 2.75) is 57.2 Å². The van der Waals surface area contributed by atoms with Gasteiger partial charge in [-0.1, -0.05) is 6.92 Å². The third kappa shape index (κ3) is 2.49. The number of fused-ring (bicyclic) bond motifs is 1. The van der Waals surface area contributed by atoms with Crippen LogP contribution in [0, 0.1) is 5.92 Å². The number of hydrogen-bond donors (Lipinski definition) is 1. The van der Waals surface area contributed by atoms with Crippen LogP contribution >= 0.6 is 11.8 Å². The van der Waals surface area contributed by atoms with Gasteiger partial charge in [0.05, 0.1) is 6.04 Å². The standard InChI is InChI=1S/C12H22N2S/c1-9-4-5-11-12(3,8-9)15-7-6-10(2)13-14-11/h9,11,14H,4-8H2,1-3H3. The molecule has 86 valence electrons. The van der Waals surface area contributed by atoms with E-state index in [2.05, 4.69) is 43.1 Å². The number of hydrazone groups is 1. The van der Waals surface area contributed by atoms with E-state index in [1.807, 2.05) is 0 Å². The van der Waals surface area contributed by atoms with Gasteiger partial charge in [0.2, 0.25) is 0 Å². The molecule has 1 heterocycles. The van der Waals surface area contributed by atoms with E-state index in [9.17, 15) is 0 Å². The van der Waals surface area contributed by atoms with Crippen LogP contribution in [0.1, 0.15) is 46.5 Å². The number of nitrogens with one attached hydrogen (secondary N) is 1. The summed E-state index contributed by atoms with van der Waals surface area (Å²) in [7, 11) is 0. The molecule has 15 heavy (non-hydrogen) atoms. The molecule has 1 aliphatic heterocycles. The molecule has 0 aromatic carbocycles. The van der Waals surface area contributed by atoms with E-state index in [0.717, 1.165) is 12.3 Å². The fraction of sp³-hybridized carbons (Fsp3) is 0.917. The summed E-state index contributed by atoms with van der Waals surface area (Å²) in [5.41, 5.74) is 4.65. The normalized spacial score (nSPS) is 41.9. The van der Waals surface area contributed by atoms with Gasteiger partial charge in [-0.05, 0) is 51.2 Å². The molecule has 2 aliphatic rings. The molecule has 3 heteroatoms. The van der Waals surface area contributed by atoms with E-state index in [-0.39, 0.29) is 0 Å². The lowest BCUT2D eigenvalue weighted by Gasteiger charge is -2.44. The Morgan fingerprint density at radius 1 is 1.47 bits per heavy atom. The Labute approximate surface area is 97.3 Å². The van der Waals surface area contributed by atoms with Gasteiger partial charge in [0.25, 0.3) is 0 Å². The summed E-state index contributed by atoms with van der Waals surface area (Å²) in [6.07, 6.45) is 5.10. The van der Waals surface area contributed by atoms with E-state index in [1.165, 1.54) is 30.7 Å². The molecule has 2 rings (SSSR count). The Morgan fingerprint density at radius 2 is 2.27 bits per heavy atom. The predicted molar refractivity (Wildman–Crippen MR) is 68.5 cm³/mol. The number of rotatable bonds is 0. The lowest BCUT2D eigenvalue weighted by atomic mass is 9.79. The predicted octanol–water partition coefficient (Wildman–Crippen LogP) is 3.04. The molecule has 1 aliphatic carbocycles. The molecule has 1 fully saturated rings. The molecule has 0 spiro atoms. The maximum Gasteiger partial charge on any atom is 0.0584 e. The fourth-order valence-corrected chi connectivity index (χ4v) is 4.37. The first-order valence-corrected chi connectivity index (χ1v) is 7.01. The number of nitrogens with zero attached hydrogens (tertiary/aromatic N) is 1. The summed E-state index contributed by atoms with van der Waals surface area (Å²) in [4.78, 5) is 0. The SMILES string of the molecule is CC1=NNC2CCC(C)CC2(C)SCC1. The molecule has 0 saturated heterocycles. The van der Waals surface area contributed by atoms with E-state index in [1.54, 1.807) is 0 Å². The highest BCUT2D eigenvalue weighted by Crippen LogP contribution is 2.42. The molecule has 1 N–H and O–H groups in total. The third-order valence-corrected chi connectivity index (χ3v) is 5.26. The van der Waals surface area contributed by atoms with Gasteiger partial charge in [0, 0.05) is 10.5 Å². The molecule has 3 unspecified atom stereocenters. The molecule has 0 aromatic heterocycles. The van der Waals surface area contributed by atoms with Gasteiger partial charge in [-0.2, -0.15) is 16.9 Å². The minimum Gasteiger partial charge on any atom is -0.306 e. The minimum atomic E-state index is 0.405. The quantitative estimate of drug-likeness (QED) is 0.686. The second kappa shape index (κ2) is 4.36. The van der Waals surface area contributed by atoms with Crippen molar-refractivity contribution in [2.75, 3.05) is 5.75 Å². The molecule has 3 atom stereocenters. The molecule has 0 amide bonds. The summed E-state index contributed by atoms with van der Waals surface area (Å²) in [5.74, 6) is 2.11. The van der Waals surface area contributed by atoms with Crippen LogP contribution in [0.15, 0.2) is 5.10 Å². The average Bonchev–Trinajstić information content (AvgIpc) is 2.14. The Hall–Kier alpha value is -0.180. The maximum absolute atomic E-state index is 4.49. The summed E-state index contributed by atoms with van der Waals surface area (Å²) >= 11 is 2.15. The second-order valence-corrected chi connectivity index (χ2v) is 6.96. The van der Waals surface area contributed by atoms with Crippen molar-refractivity contribution < 1.29 is 0 Å². The molecule has 0 bridgehead atoms. The highest BCUT2D eigenvalue weighted by Gasteiger charge is 2.40. The van der Waals surface area contributed by atoms with E-state index < -0.39 is 0 Å². The van der Waals surface area contributed by atoms with Crippen molar-refractivity contribution in [3.8, 4) is 0 Å². The van der Waals surface area contributed by atoms with Crippen LogP contribution in [-0.2, 0) is 0 Å². The van der Waals surface area contributed by atoms with E-state index in [4.69, 9.17) is 0 Å². The second-order valence-electron chi connectivity index (χ2n) is 5.33. The van der Waals surface area contributed by atoms with Crippen molar-refractivity contribution in [1.29, 1.82) is 0 Å². The van der Waals surface area contributed by atoms with Crippen LogP contribution in [-0.4, -0.2) is 22.3 Å². The molecule has 0 aromatic rings. The maximum atomic E-state index is 4.49. The lowest BCUT2D eigenvalue weighted by Crippen LogP contribution is -2.49. The average molecular weight is 226 g/mol. The van der Waals surface area contributed by atoms with Crippen molar-refractivity contribution in [3.05, 3.63) is 0 Å². The number of thioether (sulfide) groups is 1. The monoisotopic (exact) mass is 226 g/mol. The smallest absolute Gasteiger partial charge is 0.0584 e. The lowest BCUT2D eigenvalue weighted by molar-refractivity contribution is 0.257. The zero-order valence-electron chi connectivity index (χ0n) is 10.0. The zero-order valence-corrected chi connectivity index (χ0v) is 10.9. The first kappa shape index (κ1) is 11.3. The highest BCUT2D eigenvalue weighted by molar-refractivity contribution is 8.00. The van der Waals surface area contributed by atoms with Crippen LogP contribution in [0.25, 0.3) is 0 Å². The molecule has 0 radical (unpaired) electrons. The van der Waals surface area contributed by atoms with Gasteiger partial charge in [0.15, 0.2) is 0 Å². The van der Waals surface area contributed by atoms with Crippen molar-refractivity contribution >= 4 is 17.5 Å². The van der Waals surface area contributed by atoms with Crippen LogP contribution in [0.3, 0.4) is 0 Å². The topological polar surface area (TPSA) is 24.4 Å². The first-order valence-electron chi connectivity index (χ1n) is 6.03. The Bertz CT molecular complexity index is 264. The van der Waals surface area contributed by atoms with Crippen molar-refractivity contribution in [1.82, 2.24) is 5.43 Å². The van der Waals surface area contributed by atoms with Gasteiger partial charge in [-0.3, -0.25) is 0 Å². The molecular formula is C12H22N2S. The summed E-state index contributed by atoms with van der Waals surface area (Å²) in [6.45, 7) is 6.93. The summed E-state index contributed by atoms with van der Waals surface area (Å²) < 4.78 is 0.405.